The lowest BCUT2D eigenvalue weighted by Gasteiger charge is -2.24. The smallest absolute Gasteiger partial charge is 0.220 e. The molecule has 2 rings (SSSR count). The Kier molecular flexibility index (Phi) is 4.35. The van der Waals surface area contributed by atoms with E-state index in [0.717, 1.165) is 29.1 Å². The van der Waals surface area contributed by atoms with Crippen molar-refractivity contribution in [1.29, 1.82) is 0 Å². The second kappa shape index (κ2) is 5.99. The minimum absolute atomic E-state index is 0.114. The average molecular weight is 314 g/mol. The molecule has 3 N–H and O–H groups in total. The predicted octanol–water partition coefficient (Wildman–Crippen LogP) is 1.36. The molecule has 1 unspecified atom stereocenters. The zero-order valence-corrected chi connectivity index (χ0v) is 11.7. The van der Waals surface area contributed by atoms with Crippen LogP contribution in [0.1, 0.15) is 19.8 Å². The first-order chi connectivity index (χ1) is 8.70. The van der Waals surface area contributed by atoms with Crippen LogP contribution < -0.4 is 16.0 Å². The number of anilines is 2. The van der Waals surface area contributed by atoms with Gasteiger partial charge in [0.15, 0.2) is 0 Å². The van der Waals surface area contributed by atoms with Crippen LogP contribution in [0.3, 0.4) is 0 Å². The molecule has 0 saturated carbocycles. The summed E-state index contributed by atoms with van der Waals surface area (Å²) in [7, 11) is 0. The van der Waals surface area contributed by atoms with Crippen molar-refractivity contribution < 1.29 is 4.79 Å². The second-order valence-electron chi connectivity index (χ2n) is 4.10. The fourth-order valence-corrected chi connectivity index (χ4v) is 2.27. The molecule has 0 spiro atoms. The number of piperidine rings is 1. The molecule has 1 aromatic heterocycles. The van der Waals surface area contributed by atoms with Crippen LogP contribution >= 0.6 is 15.9 Å². The summed E-state index contributed by atoms with van der Waals surface area (Å²) in [5.41, 5.74) is 0. The Balaban J connectivity index is 2.04. The molecular formula is C11H16BrN5O. The number of nitrogens with zero attached hydrogens (tertiary/aromatic N) is 2. The van der Waals surface area contributed by atoms with Crippen LogP contribution in [0.15, 0.2) is 10.8 Å². The normalized spacial score (nSPS) is 19.2. The van der Waals surface area contributed by atoms with Crippen molar-refractivity contribution in [1.82, 2.24) is 15.3 Å². The molecule has 7 heteroatoms. The van der Waals surface area contributed by atoms with Crippen LogP contribution in [0, 0.1) is 0 Å². The molecule has 1 aliphatic rings. The molecule has 1 amide bonds. The van der Waals surface area contributed by atoms with Gasteiger partial charge in [-0.05, 0) is 29.3 Å². The van der Waals surface area contributed by atoms with Crippen molar-refractivity contribution in [3.63, 3.8) is 0 Å². The fraction of sp³-hybridized carbons (Fsp3) is 0.545. The molecule has 0 aromatic carbocycles. The Hall–Kier alpha value is -1.37. The van der Waals surface area contributed by atoms with Gasteiger partial charge in [-0.1, -0.05) is 0 Å². The van der Waals surface area contributed by atoms with Crippen LogP contribution in [-0.2, 0) is 4.79 Å². The predicted molar refractivity (Wildman–Crippen MR) is 73.6 cm³/mol. The van der Waals surface area contributed by atoms with Gasteiger partial charge in [0.2, 0.25) is 5.91 Å². The van der Waals surface area contributed by atoms with Crippen molar-refractivity contribution in [2.75, 3.05) is 23.7 Å². The Morgan fingerprint density at radius 2 is 2.28 bits per heavy atom. The zero-order valence-electron chi connectivity index (χ0n) is 10.2. The lowest BCUT2D eigenvalue weighted by atomic mass is 10.1. The van der Waals surface area contributed by atoms with Crippen LogP contribution in [0.5, 0.6) is 0 Å². The van der Waals surface area contributed by atoms with Crippen molar-refractivity contribution in [3.8, 4) is 0 Å². The highest BCUT2D eigenvalue weighted by atomic mass is 79.9. The Labute approximate surface area is 114 Å². The third-order valence-electron chi connectivity index (χ3n) is 2.74. The topological polar surface area (TPSA) is 78.9 Å². The minimum atomic E-state index is 0.114. The second-order valence-corrected chi connectivity index (χ2v) is 4.89. The van der Waals surface area contributed by atoms with Crippen molar-refractivity contribution in [2.45, 2.75) is 25.8 Å². The van der Waals surface area contributed by atoms with E-state index in [2.05, 4.69) is 41.8 Å². The van der Waals surface area contributed by atoms with Crippen LogP contribution in [-0.4, -0.2) is 35.0 Å². The minimum Gasteiger partial charge on any atom is -0.369 e. The van der Waals surface area contributed by atoms with Gasteiger partial charge in [-0.2, -0.15) is 0 Å². The van der Waals surface area contributed by atoms with Gasteiger partial charge in [0.25, 0.3) is 0 Å². The highest BCUT2D eigenvalue weighted by Gasteiger charge is 2.19. The van der Waals surface area contributed by atoms with E-state index in [1.807, 2.05) is 6.92 Å². The average Bonchev–Trinajstić information content (AvgIpc) is 2.37. The summed E-state index contributed by atoms with van der Waals surface area (Å²) in [6, 6.07) is 0.211. The van der Waals surface area contributed by atoms with Gasteiger partial charge in [-0.3, -0.25) is 4.79 Å². The summed E-state index contributed by atoms with van der Waals surface area (Å²) >= 11 is 3.48. The number of aromatic nitrogens is 2. The Morgan fingerprint density at radius 3 is 2.94 bits per heavy atom. The molecule has 0 bridgehead atoms. The number of amides is 1. The molecule has 1 aromatic rings. The van der Waals surface area contributed by atoms with E-state index in [-0.39, 0.29) is 11.9 Å². The molecule has 0 radical (unpaired) electrons. The molecule has 1 aliphatic heterocycles. The van der Waals surface area contributed by atoms with Gasteiger partial charge < -0.3 is 16.0 Å². The molecule has 98 valence electrons. The molecule has 0 aliphatic carbocycles. The maximum atomic E-state index is 11.1. The first kappa shape index (κ1) is 13.1. The van der Waals surface area contributed by atoms with Gasteiger partial charge in [0.05, 0.1) is 0 Å². The van der Waals surface area contributed by atoms with E-state index in [1.165, 1.54) is 6.33 Å². The highest BCUT2D eigenvalue weighted by Crippen LogP contribution is 2.27. The quantitative estimate of drug-likeness (QED) is 0.782. The molecule has 1 fully saturated rings. The van der Waals surface area contributed by atoms with Crippen molar-refractivity contribution in [3.05, 3.63) is 10.8 Å². The summed E-state index contributed by atoms with van der Waals surface area (Å²) in [6.07, 6.45) is 2.89. The maximum absolute atomic E-state index is 11.1. The highest BCUT2D eigenvalue weighted by molar-refractivity contribution is 9.10. The van der Waals surface area contributed by atoms with E-state index in [4.69, 9.17) is 0 Å². The Bertz CT molecular complexity index is 429. The number of hydrogen-bond donors (Lipinski definition) is 3. The number of carbonyl (C=O) groups is 1. The fourth-order valence-electron chi connectivity index (χ4n) is 1.81. The van der Waals surface area contributed by atoms with E-state index in [0.29, 0.717) is 13.0 Å². The SMILES string of the molecule is CCNc1ncnc(NC2CCC(=O)NC2)c1Br. The monoisotopic (exact) mass is 313 g/mol. The van der Waals surface area contributed by atoms with Gasteiger partial charge in [0, 0.05) is 25.6 Å². The van der Waals surface area contributed by atoms with Crippen LogP contribution in [0.25, 0.3) is 0 Å². The van der Waals surface area contributed by atoms with E-state index in [9.17, 15) is 4.79 Å². The van der Waals surface area contributed by atoms with Gasteiger partial charge >= 0.3 is 0 Å². The van der Waals surface area contributed by atoms with Crippen LogP contribution in [0.2, 0.25) is 0 Å². The maximum Gasteiger partial charge on any atom is 0.220 e. The van der Waals surface area contributed by atoms with Crippen molar-refractivity contribution >= 4 is 33.5 Å². The first-order valence-corrected chi connectivity index (χ1v) is 6.77. The standard InChI is InChI=1S/C11H16BrN5O/c1-2-13-10-9(12)11(16-6-15-10)17-7-3-4-8(18)14-5-7/h6-7H,2-5H2,1H3,(H,14,18)(H2,13,15,16,17). The summed E-state index contributed by atoms with van der Waals surface area (Å²) in [4.78, 5) is 19.5. The Morgan fingerprint density at radius 1 is 1.50 bits per heavy atom. The number of hydrogen-bond acceptors (Lipinski definition) is 5. The number of halogens is 1. The molecule has 18 heavy (non-hydrogen) atoms. The van der Waals surface area contributed by atoms with E-state index < -0.39 is 0 Å². The van der Waals surface area contributed by atoms with Gasteiger partial charge in [0.1, 0.15) is 22.4 Å². The summed E-state index contributed by atoms with van der Waals surface area (Å²) < 4.78 is 0.823. The molecule has 2 heterocycles. The molecule has 1 atom stereocenters. The van der Waals surface area contributed by atoms with Gasteiger partial charge in [-0.25, -0.2) is 9.97 Å². The number of nitrogens with one attached hydrogen (secondary N) is 3. The summed E-state index contributed by atoms with van der Waals surface area (Å²) in [6.45, 7) is 3.44. The van der Waals surface area contributed by atoms with Crippen molar-refractivity contribution in [2.24, 2.45) is 0 Å². The van der Waals surface area contributed by atoms with Gasteiger partial charge in [-0.15, -0.1) is 0 Å². The largest absolute Gasteiger partial charge is 0.369 e. The molecule has 6 nitrogen and oxygen atoms in total. The summed E-state index contributed by atoms with van der Waals surface area (Å²) in [5, 5.41) is 9.30. The zero-order chi connectivity index (χ0) is 13.0. The van der Waals surface area contributed by atoms with Crippen LogP contribution in [0.4, 0.5) is 11.6 Å². The molecule has 1 saturated heterocycles. The first-order valence-electron chi connectivity index (χ1n) is 5.98. The third kappa shape index (κ3) is 3.10. The molecular weight excluding hydrogens is 298 g/mol. The number of carbonyl (C=O) groups excluding carboxylic acids is 1. The summed E-state index contributed by atoms with van der Waals surface area (Å²) in [5.74, 6) is 1.64. The lowest BCUT2D eigenvalue weighted by molar-refractivity contribution is -0.122. The lowest BCUT2D eigenvalue weighted by Crippen LogP contribution is -2.42. The van der Waals surface area contributed by atoms with E-state index >= 15 is 0 Å². The third-order valence-corrected chi connectivity index (χ3v) is 3.49. The number of rotatable bonds is 4. The van der Waals surface area contributed by atoms with E-state index in [1.54, 1.807) is 0 Å².